The molecule has 0 unspecified atom stereocenters. The molecule has 0 aliphatic carbocycles. The van der Waals surface area contributed by atoms with E-state index in [9.17, 15) is 4.79 Å². The van der Waals surface area contributed by atoms with E-state index in [1.54, 1.807) is 24.3 Å². The van der Waals surface area contributed by atoms with E-state index in [0.29, 0.717) is 23.0 Å². The standard InChI is InChI=1S/C15H15ClN2O3/c16-12-3-1-11(2-4-12)7-18-15(20)10-21-14-6-5-13(9-19)17-8-14/h1-6,8,19H,7,9-10H2,(H,18,20). The third kappa shape index (κ3) is 5.06. The molecule has 1 aromatic carbocycles. The molecule has 1 aromatic heterocycles. The summed E-state index contributed by atoms with van der Waals surface area (Å²) in [5, 5.41) is 12.3. The van der Waals surface area contributed by atoms with Crippen LogP contribution in [0, 0.1) is 0 Å². The van der Waals surface area contributed by atoms with Crippen molar-refractivity contribution in [2.24, 2.45) is 0 Å². The predicted octanol–water partition coefficient (Wildman–Crippen LogP) is 1.92. The number of nitrogens with zero attached hydrogens (tertiary/aromatic N) is 1. The van der Waals surface area contributed by atoms with Crippen molar-refractivity contribution in [1.82, 2.24) is 10.3 Å². The molecule has 21 heavy (non-hydrogen) atoms. The summed E-state index contributed by atoms with van der Waals surface area (Å²) < 4.78 is 5.30. The summed E-state index contributed by atoms with van der Waals surface area (Å²) in [6.45, 7) is 0.205. The van der Waals surface area contributed by atoms with Gasteiger partial charge in [0.05, 0.1) is 18.5 Å². The Morgan fingerprint density at radius 3 is 2.62 bits per heavy atom. The van der Waals surface area contributed by atoms with Crippen LogP contribution in [-0.4, -0.2) is 22.6 Å². The molecule has 0 fully saturated rings. The van der Waals surface area contributed by atoms with Crippen LogP contribution in [0.2, 0.25) is 5.02 Å². The molecule has 0 atom stereocenters. The molecule has 1 heterocycles. The number of carbonyl (C=O) groups excluding carboxylic acids is 1. The smallest absolute Gasteiger partial charge is 0.258 e. The van der Waals surface area contributed by atoms with E-state index in [4.69, 9.17) is 21.4 Å². The normalized spacial score (nSPS) is 10.2. The highest BCUT2D eigenvalue weighted by molar-refractivity contribution is 6.30. The summed E-state index contributed by atoms with van der Waals surface area (Å²) in [5.74, 6) is 0.255. The molecule has 0 saturated carbocycles. The summed E-state index contributed by atoms with van der Waals surface area (Å²) in [5.41, 5.74) is 1.51. The largest absolute Gasteiger partial charge is 0.482 e. The molecule has 0 aliphatic heterocycles. The number of pyridine rings is 1. The van der Waals surface area contributed by atoms with Crippen molar-refractivity contribution < 1.29 is 14.6 Å². The molecular weight excluding hydrogens is 292 g/mol. The van der Waals surface area contributed by atoms with Gasteiger partial charge in [0.15, 0.2) is 6.61 Å². The van der Waals surface area contributed by atoms with Crippen LogP contribution < -0.4 is 10.1 Å². The molecule has 0 spiro atoms. The van der Waals surface area contributed by atoms with Crippen LogP contribution in [0.3, 0.4) is 0 Å². The first kappa shape index (κ1) is 15.3. The number of rotatable bonds is 6. The zero-order chi connectivity index (χ0) is 15.1. The summed E-state index contributed by atoms with van der Waals surface area (Å²) >= 11 is 5.78. The molecule has 6 heteroatoms. The Morgan fingerprint density at radius 1 is 1.24 bits per heavy atom. The fourth-order valence-corrected chi connectivity index (χ4v) is 1.72. The first-order valence-corrected chi connectivity index (χ1v) is 6.75. The van der Waals surface area contributed by atoms with E-state index in [2.05, 4.69) is 10.3 Å². The minimum absolute atomic E-state index is 0.0895. The highest BCUT2D eigenvalue weighted by Crippen LogP contribution is 2.10. The Balaban J connectivity index is 1.75. The number of nitrogens with one attached hydrogen (secondary N) is 1. The number of carbonyl (C=O) groups is 1. The molecule has 110 valence electrons. The van der Waals surface area contributed by atoms with Gasteiger partial charge < -0.3 is 15.2 Å². The number of aromatic nitrogens is 1. The number of hydrogen-bond acceptors (Lipinski definition) is 4. The lowest BCUT2D eigenvalue weighted by atomic mass is 10.2. The molecule has 0 aliphatic rings. The predicted molar refractivity (Wildman–Crippen MR) is 79.0 cm³/mol. The van der Waals surface area contributed by atoms with Gasteiger partial charge >= 0.3 is 0 Å². The molecule has 2 N–H and O–H groups in total. The van der Waals surface area contributed by atoms with Gasteiger partial charge in [-0.15, -0.1) is 0 Å². The van der Waals surface area contributed by atoms with Gasteiger partial charge in [0, 0.05) is 11.6 Å². The molecule has 1 amide bonds. The Bertz CT molecular complexity index is 585. The summed E-state index contributed by atoms with van der Waals surface area (Å²) in [4.78, 5) is 15.6. The highest BCUT2D eigenvalue weighted by atomic mass is 35.5. The monoisotopic (exact) mass is 306 g/mol. The lowest BCUT2D eigenvalue weighted by Crippen LogP contribution is -2.28. The Kier molecular flexibility index (Phi) is 5.54. The summed E-state index contributed by atoms with van der Waals surface area (Å²) in [6.07, 6.45) is 1.47. The van der Waals surface area contributed by atoms with Crippen molar-refractivity contribution >= 4 is 17.5 Å². The van der Waals surface area contributed by atoms with Crippen molar-refractivity contribution in [2.75, 3.05) is 6.61 Å². The second-order valence-corrected chi connectivity index (χ2v) is 4.77. The molecule has 2 aromatic rings. The van der Waals surface area contributed by atoms with Gasteiger partial charge in [0.1, 0.15) is 5.75 Å². The van der Waals surface area contributed by atoms with Crippen LogP contribution in [0.25, 0.3) is 0 Å². The minimum Gasteiger partial charge on any atom is -0.482 e. The minimum atomic E-state index is -0.226. The number of benzene rings is 1. The fraction of sp³-hybridized carbons (Fsp3) is 0.200. The van der Waals surface area contributed by atoms with Gasteiger partial charge in [0.25, 0.3) is 5.91 Å². The van der Waals surface area contributed by atoms with Gasteiger partial charge in [-0.1, -0.05) is 23.7 Å². The lowest BCUT2D eigenvalue weighted by Gasteiger charge is -2.07. The van der Waals surface area contributed by atoms with Crippen molar-refractivity contribution in [1.29, 1.82) is 0 Å². The molecule has 0 saturated heterocycles. The van der Waals surface area contributed by atoms with Gasteiger partial charge in [-0.05, 0) is 29.8 Å². The zero-order valence-corrected chi connectivity index (χ0v) is 12.0. The fourth-order valence-electron chi connectivity index (χ4n) is 1.59. The number of ether oxygens (including phenoxy) is 1. The van der Waals surface area contributed by atoms with E-state index in [1.165, 1.54) is 6.20 Å². The zero-order valence-electron chi connectivity index (χ0n) is 11.3. The first-order chi connectivity index (χ1) is 10.2. The van der Waals surface area contributed by atoms with Crippen LogP contribution in [0.15, 0.2) is 42.6 Å². The lowest BCUT2D eigenvalue weighted by molar-refractivity contribution is -0.123. The number of hydrogen-bond donors (Lipinski definition) is 2. The van der Waals surface area contributed by atoms with Crippen LogP contribution in [0.5, 0.6) is 5.75 Å². The van der Waals surface area contributed by atoms with E-state index >= 15 is 0 Å². The second kappa shape index (κ2) is 7.61. The van der Waals surface area contributed by atoms with Crippen LogP contribution in [0.1, 0.15) is 11.3 Å². The van der Waals surface area contributed by atoms with E-state index in [1.807, 2.05) is 12.1 Å². The average Bonchev–Trinajstić information content (AvgIpc) is 2.53. The molecule has 5 nitrogen and oxygen atoms in total. The highest BCUT2D eigenvalue weighted by Gasteiger charge is 2.03. The molecule has 0 radical (unpaired) electrons. The summed E-state index contributed by atoms with van der Waals surface area (Å²) in [6, 6.07) is 10.5. The molecule has 2 rings (SSSR count). The van der Waals surface area contributed by atoms with Crippen molar-refractivity contribution in [3.63, 3.8) is 0 Å². The topological polar surface area (TPSA) is 71.5 Å². The number of amides is 1. The van der Waals surface area contributed by atoms with Gasteiger partial charge in [0.2, 0.25) is 0 Å². The van der Waals surface area contributed by atoms with Crippen molar-refractivity contribution in [3.8, 4) is 5.75 Å². The van der Waals surface area contributed by atoms with Crippen LogP contribution in [-0.2, 0) is 17.9 Å². The number of aliphatic hydroxyl groups excluding tert-OH is 1. The molecule has 0 bridgehead atoms. The van der Waals surface area contributed by atoms with Gasteiger partial charge in [-0.25, -0.2) is 0 Å². The van der Waals surface area contributed by atoms with E-state index in [0.717, 1.165) is 5.56 Å². The average molecular weight is 307 g/mol. The van der Waals surface area contributed by atoms with Crippen molar-refractivity contribution in [2.45, 2.75) is 13.2 Å². The third-order valence-corrected chi connectivity index (χ3v) is 2.98. The van der Waals surface area contributed by atoms with Crippen LogP contribution >= 0.6 is 11.6 Å². The third-order valence-electron chi connectivity index (χ3n) is 2.73. The number of halogens is 1. The molecular formula is C15H15ClN2O3. The first-order valence-electron chi connectivity index (χ1n) is 6.37. The van der Waals surface area contributed by atoms with Gasteiger partial charge in [-0.3, -0.25) is 9.78 Å². The maximum absolute atomic E-state index is 11.7. The van der Waals surface area contributed by atoms with E-state index < -0.39 is 0 Å². The Labute approximate surface area is 127 Å². The Hall–Kier alpha value is -2.11. The van der Waals surface area contributed by atoms with Gasteiger partial charge in [-0.2, -0.15) is 0 Å². The van der Waals surface area contributed by atoms with E-state index in [-0.39, 0.29) is 19.1 Å². The van der Waals surface area contributed by atoms with Crippen LogP contribution in [0.4, 0.5) is 0 Å². The number of aliphatic hydroxyl groups is 1. The second-order valence-electron chi connectivity index (χ2n) is 4.34. The Morgan fingerprint density at radius 2 is 2.00 bits per heavy atom. The summed E-state index contributed by atoms with van der Waals surface area (Å²) in [7, 11) is 0. The maximum Gasteiger partial charge on any atom is 0.258 e. The van der Waals surface area contributed by atoms with Crippen molar-refractivity contribution in [3.05, 3.63) is 58.9 Å². The quantitative estimate of drug-likeness (QED) is 0.855. The SMILES string of the molecule is O=C(COc1ccc(CO)nc1)NCc1ccc(Cl)cc1. The maximum atomic E-state index is 11.7.